The number of aliphatic hydroxyl groups is 2. The van der Waals surface area contributed by atoms with Crippen molar-refractivity contribution in [3.05, 3.63) is 0 Å². The molecule has 3 saturated heterocycles. The molecule has 0 saturated carbocycles. The second-order valence-electron chi connectivity index (χ2n) is 5.15. The van der Waals surface area contributed by atoms with E-state index in [4.69, 9.17) is 19.9 Å². The maximum Gasteiger partial charge on any atom is 0.186 e. The Morgan fingerprint density at radius 2 is 1.82 bits per heavy atom. The van der Waals surface area contributed by atoms with Gasteiger partial charge < -0.3 is 30.2 Å². The third-order valence-corrected chi connectivity index (χ3v) is 4.69. The van der Waals surface area contributed by atoms with Crippen LogP contribution in [0.1, 0.15) is 26.7 Å². The van der Waals surface area contributed by atoms with E-state index in [0.29, 0.717) is 19.8 Å². The summed E-state index contributed by atoms with van der Waals surface area (Å²) in [5.41, 5.74) is 5.46. The molecule has 3 aliphatic heterocycles. The molecule has 0 amide bonds. The minimum absolute atomic E-state index is 0. The smallest absolute Gasteiger partial charge is 0.186 e. The van der Waals surface area contributed by atoms with Gasteiger partial charge in [0, 0.05) is 12.4 Å². The minimum Gasteiger partial charge on any atom is -0.387 e. The van der Waals surface area contributed by atoms with Gasteiger partial charge in [-0.3, -0.25) is 0 Å². The van der Waals surface area contributed by atoms with E-state index < -0.39 is 24.6 Å². The number of unbranched alkanes of at least 4 members (excludes halogenated alkanes) is 1. The summed E-state index contributed by atoms with van der Waals surface area (Å²) in [4.78, 5) is 0. The Balaban J connectivity index is 0.00000220. The van der Waals surface area contributed by atoms with Crippen LogP contribution in [0, 0.1) is 0 Å². The van der Waals surface area contributed by atoms with E-state index >= 15 is 0 Å². The van der Waals surface area contributed by atoms with Gasteiger partial charge in [-0.15, -0.1) is 12.4 Å². The van der Waals surface area contributed by atoms with Gasteiger partial charge >= 0.3 is 0 Å². The predicted octanol–water partition coefficient (Wildman–Crippen LogP) is 0.769. The van der Waals surface area contributed by atoms with Crippen LogP contribution in [0.5, 0.6) is 0 Å². The SMILES string of the molecule is C.Cl.NCCCCSCC1OC2OCCCOC1C(O)C2O. The van der Waals surface area contributed by atoms with Gasteiger partial charge in [-0.25, -0.2) is 0 Å². The molecule has 4 N–H and O–H groups in total. The molecule has 3 aliphatic rings. The van der Waals surface area contributed by atoms with Gasteiger partial charge in [0.15, 0.2) is 6.29 Å². The van der Waals surface area contributed by atoms with Crippen LogP contribution < -0.4 is 5.73 Å². The summed E-state index contributed by atoms with van der Waals surface area (Å²) in [6, 6.07) is 0. The predicted molar refractivity (Wildman–Crippen MR) is 90.6 cm³/mol. The number of hydrogen-bond donors (Lipinski definition) is 3. The van der Waals surface area contributed by atoms with Crippen molar-refractivity contribution in [1.82, 2.24) is 0 Å². The molecule has 8 heteroatoms. The quantitative estimate of drug-likeness (QED) is 0.603. The maximum absolute atomic E-state index is 10.1. The van der Waals surface area contributed by atoms with Crippen molar-refractivity contribution < 1.29 is 24.4 Å². The van der Waals surface area contributed by atoms with Gasteiger partial charge in [0.2, 0.25) is 0 Å². The number of hydrogen-bond acceptors (Lipinski definition) is 7. The molecule has 22 heavy (non-hydrogen) atoms. The summed E-state index contributed by atoms with van der Waals surface area (Å²) >= 11 is 1.76. The number of halogens is 1. The first-order valence-corrected chi connectivity index (χ1v) is 8.42. The van der Waals surface area contributed by atoms with Gasteiger partial charge in [0.25, 0.3) is 0 Å². The van der Waals surface area contributed by atoms with Crippen molar-refractivity contribution in [3.63, 3.8) is 0 Å². The van der Waals surface area contributed by atoms with Crippen molar-refractivity contribution in [2.24, 2.45) is 5.73 Å². The average molecular weight is 360 g/mol. The highest BCUT2D eigenvalue weighted by Crippen LogP contribution is 2.28. The lowest BCUT2D eigenvalue weighted by Crippen LogP contribution is -2.59. The summed E-state index contributed by atoms with van der Waals surface area (Å²) < 4.78 is 16.9. The zero-order valence-electron chi connectivity index (χ0n) is 12.1. The lowest BCUT2D eigenvalue weighted by atomic mass is 10.00. The largest absolute Gasteiger partial charge is 0.387 e. The molecular weight excluding hydrogens is 330 g/mol. The molecule has 0 spiro atoms. The molecule has 3 heterocycles. The number of nitrogens with two attached hydrogens (primary N) is 1. The number of aliphatic hydroxyl groups excluding tert-OH is 2. The number of rotatable bonds is 6. The molecule has 134 valence electrons. The van der Waals surface area contributed by atoms with Crippen LogP contribution in [-0.4, -0.2) is 72.2 Å². The Hall–Kier alpha value is 0.400. The topological polar surface area (TPSA) is 94.2 Å². The van der Waals surface area contributed by atoms with Gasteiger partial charge in [0.05, 0.1) is 12.7 Å². The highest BCUT2D eigenvalue weighted by molar-refractivity contribution is 7.99. The summed E-state index contributed by atoms with van der Waals surface area (Å²) in [7, 11) is 0. The summed E-state index contributed by atoms with van der Waals surface area (Å²) in [6.45, 7) is 1.70. The van der Waals surface area contributed by atoms with Crippen LogP contribution in [0.3, 0.4) is 0 Å². The van der Waals surface area contributed by atoms with Crippen molar-refractivity contribution >= 4 is 24.2 Å². The standard InChI is InChI=1S/C13H25NO5S.CH4.ClH/c14-4-1-2-7-20-8-9-12-10(15)11(16)13(19-9)18-6-3-5-17-12;;/h9-13,15-16H,1-8,14H2;1H4;1H. The van der Waals surface area contributed by atoms with Gasteiger partial charge in [-0.05, 0) is 31.6 Å². The van der Waals surface area contributed by atoms with Crippen LogP contribution in [-0.2, 0) is 14.2 Å². The Morgan fingerprint density at radius 1 is 1.09 bits per heavy atom. The maximum atomic E-state index is 10.1. The summed E-state index contributed by atoms with van der Waals surface area (Å²) in [5.74, 6) is 1.73. The molecule has 5 unspecified atom stereocenters. The molecule has 3 fully saturated rings. The van der Waals surface area contributed by atoms with Crippen LogP contribution in [0.25, 0.3) is 0 Å². The zero-order chi connectivity index (χ0) is 14.4. The van der Waals surface area contributed by atoms with Crippen molar-refractivity contribution in [2.45, 2.75) is 57.4 Å². The first-order valence-electron chi connectivity index (χ1n) is 7.26. The second-order valence-corrected chi connectivity index (χ2v) is 6.30. The van der Waals surface area contributed by atoms with E-state index in [2.05, 4.69) is 0 Å². The van der Waals surface area contributed by atoms with Crippen molar-refractivity contribution in [1.29, 1.82) is 0 Å². The van der Waals surface area contributed by atoms with E-state index in [9.17, 15) is 10.2 Å². The van der Waals surface area contributed by atoms with Crippen LogP contribution in [0.15, 0.2) is 0 Å². The van der Waals surface area contributed by atoms with E-state index in [1.165, 1.54) is 0 Å². The summed E-state index contributed by atoms with van der Waals surface area (Å²) in [5, 5.41) is 20.1. The fraction of sp³-hybridized carbons (Fsp3) is 1.00. The van der Waals surface area contributed by atoms with Crippen molar-refractivity contribution in [3.8, 4) is 0 Å². The number of thioether (sulfide) groups is 1. The highest BCUT2D eigenvalue weighted by Gasteiger charge is 2.46. The lowest BCUT2D eigenvalue weighted by molar-refractivity contribution is -0.289. The Morgan fingerprint density at radius 3 is 2.55 bits per heavy atom. The van der Waals surface area contributed by atoms with Crippen molar-refractivity contribution in [2.75, 3.05) is 31.3 Å². The monoisotopic (exact) mass is 359 g/mol. The molecule has 0 aliphatic carbocycles. The molecule has 2 bridgehead atoms. The van der Waals surface area contributed by atoms with E-state index in [1.807, 2.05) is 0 Å². The van der Waals surface area contributed by atoms with Gasteiger partial charge in [-0.1, -0.05) is 7.43 Å². The Kier molecular flexibility index (Phi) is 12.1. The Labute approximate surface area is 143 Å². The number of fused-ring (bicyclic) bond motifs is 6. The van der Waals surface area contributed by atoms with E-state index in [1.54, 1.807) is 11.8 Å². The summed E-state index contributed by atoms with van der Waals surface area (Å²) in [6.07, 6.45) is -0.651. The average Bonchev–Trinajstić information content (AvgIpc) is 2.58. The van der Waals surface area contributed by atoms with Gasteiger partial charge in [-0.2, -0.15) is 11.8 Å². The Bertz CT molecular complexity index is 288. The third-order valence-electron chi connectivity index (χ3n) is 3.55. The molecule has 5 atom stereocenters. The highest BCUT2D eigenvalue weighted by atomic mass is 35.5. The molecule has 0 radical (unpaired) electrons. The van der Waals surface area contributed by atoms with E-state index in [0.717, 1.165) is 30.8 Å². The molecule has 3 rings (SSSR count). The first-order chi connectivity index (χ1) is 9.74. The van der Waals surface area contributed by atoms with Crippen LogP contribution in [0.2, 0.25) is 0 Å². The molecule has 0 aromatic rings. The zero-order valence-corrected chi connectivity index (χ0v) is 13.7. The molecule has 0 aromatic heterocycles. The molecular formula is C14H30ClNO5S. The number of ether oxygens (including phenoxy) is 3. The molecule has 6 nitrogen and oxygen atoms in total. The van der Waals surface area contributed by atoms with E-state index in [-0.39, 0.29) is 25.9 Å². The molecule has 0 aromatic carbocycles. The fourth-order valence-electron chi connectivity index (χ4n) is 2.41. The third kappa shape index (κ3) is 6.13. The first kappa shape index (κ1) is 22.4. The van der Waals surface area contributed by atoms with Gasteiger partial charge in [0.1, 0.15) is 18.3 Å². The second kappa shape index (κ2) is 11.9. The lowest BCUT2D eigenvalue weighted by Gasteiger charge is -2.41. The minimum atomic E-state index is -1.04. The fourth-order valence-corrected chi connectivity index (χ4v) is 3.48. The van der Waals surface area contributed by atoms with Crippen LogP contribution >= 0.6 is 24.2 Å². The van der Waals surface area contributed by atoms with Crippen LogP contribution in [0.4, 0.5) is 0 Å². The normalized spacial score (nSPS) is 34.8.